The Balaban J connectivity index is 1.82. The van der Waals surface area contributed by atoms with Gasteiger partial charge in [0.2, 0.25) is 0 Å². The molecule has 0 unspecified atom stereocenters. The molecule has 2 rings (SSSR count). The summed E-state index contributed by atoms with van der Waals surface area (Å²) in [7, 11) is 0. The lowest BCUT2D eigenvalue weighted by Gasteiger charge is -2.13. The van der Waals surface area contributed by atoms with Crippen molar-refractivity contribution >= 4 is 5.69 Å². The molecule has 0 saturated carbocycles. The highest BCUT2D eigenvalue weighted by Gasteiger charge is 2.14. The number of nitro benzene ring substituents is 1. The molecule has 0 aliphatic rings. The van der Waals surface area contributed by atoms with E-state index in [0.717, 1.165) is 5.56 Å². The quantitative estimate of drug-likeness (QED) is 0.523. The van der Waals surface area contributed by atoms with E-state index < -0.39 is 17.1 Å². The third-order valence-corrected chi connectivity index (χ3v) is 3.45. The minimum atomic E-state index is -0.733. The molecule has 6 heteroatoms. The smallest absolute Gasteiger partial charge is 0.269 e. The maximum atomic E-state index is 10.6. The molecule has 0 fully saturated rings. The van der Waals surface area contributed by atoms with E-state index in [-0.39, 0.29) is 5.69 Å². The average molecular weight is 303 g/mol. The monoisotopic (exact) mass is 303 g/mol. The molecule has 0 aliphatic carbocycles. The molecule has 2 atom stereocenters. The highest BCUT2D eigenvalue weighted by Crippen LogP contribution is 2.16. The van der Waals surface area contributed by atoms with Crippen molar-refractivity contribution in [1.82, 2.24) is 0 Å². The van der Waals surface area contributed by atoms with Gasteiger partial charge in [-0.25, -0.2) is 0 Å². The number of nitrogens with two attached hydrogens (primary N) is 1. The van der Waals surface area contributed by atoms with E-state index in [9.17, 15) is 20.3 Å². The second-order valence-corrected chi connectivity index (χ2v) is 5.05. The first kappa shape index (κ1) is 16.1. The van der Waals surface area contributed by atoms with Crippen LogP contribution >= 0.6 is 0 Å². The zero-order valence-corrected chi connectivity index (χ0v) is 12.0. The molecule has 0 bridgehead atoms. The second kappa shape index (κ2) is 7.65. The molecule has 2 aromatic rings. The van der Waals surface area contributed by atoms with Gasteiger partial charge in [0.05, 0.1) is 4.92 Å². The van der Waals surface area contributed by atoms with Gasteiger partial charge in [0.25, 0.3) is 5.69 Å². The molecule has 116 valence electrons. The Morgan fingerprint density at radius 3 is 1.91 bits per heavy atom. The van der Waals surface area contributed by atoms with Gasteiger partial charge < -0.3 is 15.5 Å². The van der Waals surface area contributed by atoms with Gasteiger partial charge in [-0.2, -0.15) is 0 Å². The van der Waals surface area contributed by atoms with E-state index in [1.165, 1.54) is 12.1 Å². The van der Waals surface area contributed by atoms with Crippen LogP contribution in [0, 0.1) is 10.1 Å². The number of nitro groups is 1. The van der Waals surface area contributed by atoms with E-state index in [4.69, 9.17) is 0 Å². The summed E-state index contributed by atoms with van der Waals surface area (Å²) in [6, 6.07) is 15.2. The number of quaternary nitrogens is 1. The van der Waals surface area contributed by atoms with Gasteiger partial charge in [0.1, 0.15) is 25.3 Å². The maximum Gasteiger partial charge on any atom is 0.269 e. The zero-order chi connectivity index (χ0) is 15.9. The summed E-state index contributed by atoms with van der Waals surface area (Å²) >= 11 is 0. The molecule has 0 saturated heterocycles. The fourth-order valence-corrected chi connectivity index (χ4v) is 2.18. The Bertz CT molecular complexity index is 601. The maximum absolute atomic E-state index is 10.6. The minimum Gasteiger partial charge on any atom is -0.382 e. The van der Waals surface area contributed by atoms with Gasteiger partial charge in [0.15, 0.2) is 0 Å². The number of benzene rings is 2. The molecular formula is C16H19N2O4+. The number of aliphatic hydroxyl groups is 2. The third-order valence-electron chi connectivity index (χ3n) is 3.45. The number of hydrogen-bond acceptors (Lipinski definition) is 4. The molecule has 0 spiro atoms. The van der Waals surface area contributed by atoms with Crippen molar-refractivity contribution in [2.75, 3.05) is 13.1 Å². The van der Waals surface area contributed by atoms with E-state index in [1.54, 1.807) is 12.1 Å². The summed E-state index contributed by atoms with van der Waals surface area (Å²) in [5, 5.41) is 32.5. The minimum absolute atomic E-state index is 0.000528. The van der Waals surface area contributed by atoms with Gasteiger partial charge in [-0.1, -0.05) is 30.3 Å². The van der Waals surface area contributed by atoms with Gasteiger partial charge in [-0.3, -0.25) is 10.1 Å². The van der Waals surface area contributed by atoms with Crippen LogP contribution in [0.5, 0.6) is 0 Å². The van der Waals surface area contributed by atoms with Gasteiger partial charge in [-0.15, -0.1) is 0 Å². The van der Waals surface area contributed by atoms with Crippen LogP contribution in [0.2, 0.25) is 0 Å². The summed E-state index contributed by atoms with van der Waals surface area (Å²) in [6.45, 7) is 0.815. The van der Waals surface area contributed by atoms with Crippen molar-refractivity contribution in [3.63, 3.8) is 0 Å². The van der Waals surface area contributed by atoms with Crippen LogP contribution in [0.25, 0.3) is 0 Å². The van der Waals surface area contributed by atoms with Crippen molar-refractivity contribution in [2.24, 2.45) is 0 Å². The molecule has 0 aliphatic heterocycles. The predicted octanol–water partition coefficient (Wildman–Crippen LogP) is 0.925. The number of nitrogens with zero attached hydrogens (tertiary/aromatic N) is 1. The molecule has 4 N–H and O–H groups in total. The first-order valence-corrected chi connectivity index (χ1v) is 7.05. The summed E-state index contributed by atoms with van der Waals surface area (Å²) in [5.41, 5.74) is 1.46. The predicted molar refractivity (Wildman–Crippen MR) is 81.1 cm³/mol. The normalized spacial score (nSPS) is 13.5. The summed E-state index contributed by atoms with van der Waals surface area (Å²) < 4.78 is 0. The van der Waals surface area contributed by atoms with Gasteiger partial charge in [0, 0.05) is 12.1 Å². The van der Waals surface area contributed by atoms with Crippen LogP contribution in [0.1, 0.15) is 23.3 Å². The fourth-order valence-electron chi connectivity index (χ4n) is 2.18. The van der Waals surface area contributed by atoms with E-state index in [0.29, 0.717) is 18.7 Å². The van der Waals surface area contributed by atoms with Crippen molar-refractivity contribution in [2.45, 2.75) is 12.2 Å². The number of aliphatic hydroxyl groups excluding tert-OH is 2. The average Bonchev–Trinajstić information content (AvgIpc) is 2.55. The second-order valence-electron chi connectivity index (χ2n) is 5.05. The van der Waals surface area contributed by atoms with Crippen LogP contribution in [0.15, 0.2) is 54.6 Å². The third kappa shape index (κ3) is 4.36. The molecule has 0 aromatic heterocycles. The molecule has 2 aromatic carbocycles. The van der Waals surface area contributed by atoms with Crippen molar-refractivity contribution in [3.8, 4) is 0 Å². The molecule has 6 nitrogen and oxygen atoms in total. The SMILES string of the molecule is O=[N+]([O-])c1ccc([C@@H](O)C[NH2+]C[C@H](O)c2ccccc2)cc1. The highest BCUT2D eigenvalue weighted by molar-refractivity contribution is 5.33. The van der Waals surface area contributed by atoms with Gasteiger partial charge >= 0.3 is 0 Å². The summed E-state index contributed by atoms with van der Waals surface area (Å²) in [4.78, 5) is 10.1. The Labute approximate surface area is 128 Å². The Hall–Kier alpha value is -2.28. The largest absolute Gasteiger partial charge is 0.382 e. The molecule has 0 amide bonds. The highest BCUT2D eigenvalue weighted by atomic mass is 16.6. The number of hydrogen-bond donors (Lipinski definition) is 3. The van der Waals surface area contributed by atoms with Crippen LogP contribution in [0.4, 0.5) is 5.69 Å². The zero-order valence-electron chi connectivity index (χ0n) is 12.0. The summed E-state index contributed by atoms with van der Waals surface area (Å²) in [5.74, 6) is 0. The first-order chi connectivity index (χ1) is 10.6. The van der Waals surface area contributed by atoms with E-state index in [2.05, 4.69) is 0 Å². The molecule has 0 radical (unpaired) electrons. The standard InChI is InChI=1S/C16H18N2O4/c19-15(12-4-2-1-3-5-12)10-17-11-16(20)13-6-8-14(9-7-13)18(21)22/h1-9,15-17,19-20H,10-11H2/p+1/t15-,16-/m0/s1. The van der Waals surface area contributed by atoms with E-state index >= 15 is 0 Å². The number of rotatable bonds is 7. The van der Waals surface area contributed by atoms with E-state index in [1.807, 2.05) is 35.6 Å². The molecule has 0 heterocycles. The van der Waals surface area contributed by atoms with Crippen LogP contribution in [0.3, 0.4) is 0 Å². The van der Waals surface area contributed by atoms with Gasteiger partial charge in [-0.05, 0) is 23.3 Å². The topological polar surface area (TPSA) is 100 Å². The molecule has 22 heavy (non-hydrogen) atoms. The fraction of sp³-hybridized carbons (Fsp3) is 0.250. The lowest BCUT2D eigenvalue weighted by Crippen LogP contribution is -2.86. The number of non-ortho nitro benzene ring substituents is 1. The van der Waals surface area contributed by atoms with Crippen molar-refractivity contribution in [3.05, 3.63) is 75.8 Å². The van der Waals surface area contributed by atoms with Crippen molar-refractivity contribution in [1.29, 1.82) is 0 Å². The van der Waals surface area contributed by atoms with Crippen molar-refractivity contribution < 1.29 is 20.5 Å². The summed E-state index contributed by atoms with van der Waals surface area (Å²) in [6.07, 6.45) is -1.32. The molecular weight excluding hydrogens is 284 g/mol. The van der Waals surface area contributed by atoms with Crippen LogP contribution in [-0.4, -0.2) is 28.2 Å². The lowest BCUT2D eigenvalue weighted by atomic mass is 10.1. The first-order valence-electron chi connectivity index (χ1n) is 7.05. The Morgan fingerprint density at radius 2 is 1.41 bits per heavy atom. The Morgan fingerprint density at radius 1 is 0.909 bits per heavy atom. The lowest BCUT2D eigenvalue weighted by molar-refractivity contribution is -0.668. The Kier molecular flexibility index (Phi) is 5.60. The van der Waals surface area contributed by atoms with Crippen LogP contribution in [-0.2, 0) is 0 Å². The van der Waals surface area contributed by atoms with Crippen LogP contribution < -0.4 is 5.32 Å².